The number of carbonyl (C=O) groups is 2. The lowest BCUT2D eigenvalue weighted by molar-refractivity contribution is -0.143. The van der Waals surface area contributed by atoms with Gasteiger partial charge in [-0.1, -0.05) is 36.4 Å². The number of aryl methyl sites for hydroxylation is 2. The maximum absolute atomic E-state index is 12.9. The van der Waals surface area contributed by atoms with Gasteiger partial charge >= 0.3 is 5.97 Å². The number of rotatable bonds is 7. The number of carbonyl (C=O) groups excluding carboxylic acids is 2. The topological polar surface area (TPSA) is 70.7 Å². The molecule has 26 heavy (non-hydrogen) atoms. The average molecular weight is 355 g/mol. The molecular formula is C20H25N3O3. The third-order valence-electron chi connectivity index (χ3n) is 4.12. The average Bonchev–Trinajstić information content (AvgIpc) is 2.64. The van der Waals surface area contributed by atoms with E-state index in [2.05, 4.69) is 10.9 Å². The minimum atomic E-state index is -0.731. The van der Waals surface area contributed by atoms with Gasteiger partial charge in [-0.05, 0) is 44.0 Å². The number of amides is 1. The molecule has 0 fully saturated rings. The second-order valence-corrected chi connectivity index (χ2v) is 6.05. The summed E-state index contributed by atoms with van der Waals surface area (Å²) in [6.07, 6.45) is 0. The number of nitrogens with one attached hydrogen (secondary N) is 2. The van der Waals surface area contributed by atoms with Crippen molar-refractivity contribution in [2.45, 2.75) is 26.8 Å². The molecule has 0 spiro atoms. The van der Waals surface area contributed by atoms with Gasteiger partial charge in [-0.25, -0.2) is 10.2 Å². The Morgan fingerprint density at radius 3 is 2.23 bits per heavy atom. The van der Waals surface area contributed by atoms with Gasteiger partial charge in [0.1, 0.15) is 6.04 Å². The van der Waals surface area contributed by atoms with E-state index in [0.717, 1.165) is 22.5 Å². The lowest BCUT2D eigenvalue weighted by Gasteiger charge is -2.30. The molecule has 0 bridgehead atoms. The molecule has 0 saturated heterocycles. The van der Waals surface area contributed by atoms with Crippen LogP contribution in [0.15, 0.2) is 48.5 Å². The van der Waals surface area contributed by atoms with Gasteiger partial charge in [0.05, 0.1) is 19.3 Å². The fraction of sp³-hybridized carbons (Fsp3) is 0.300. The first-order chi connectivity index (χ1) is 12.5. The third kappa shape index (κ3) is 4.61. The number of hydrogen-bond donors (Lipinski definition) is 2. The van der Waals surface area contributed by atoms with E-state index >= 15 is 0 Å². The van der Waals surface area contributed by atoms with Gasteiger partial charge < -0.3 is 10.2 Å². The third-order valence-corrected chi connectivity index (χ3v) is 4.12. The molecule has 1 atom stereocenters. The van der Waals surface area contributed by atoms with Gasteiger partial charge in [0.15, 0.2) is 0 Å². The summed E-state index contributed by atoms with van der Waals surface area (Å²) in [6, 6.07) is 14.5. The number of para-hydroxylation sites is 2. The highest BCUT2D eigenvalue weighted by Crippen LogP contribution is 2.27. The normalized spacial score (nSPS) is 11.5. The Bertz CT molecular complexity index is 742. The van der Waals surface area contributed by atoms with Gasteiger partial charge in [-0.15, -0.1) is 0 Å². The smallest absolute Gasteiger partial charge is 0.328 e. The summed E-state index contributed by atoms with van der Waals surface area (Å²) in [4.78, 5) is 26.5. The van der Waals surface area contributed by atoms with Crippen LogP contribution in [0.25, 0.3) is 0 Å². The minimum Gasteiger partial charge on any atom is -0.467 e. The Labute approximate surface area is 154 Å². The van der Waals surface area contributed by atoms with Crippen molar-refractivity contribution in [2.75, 3.05) is 24.0 Å². The van der Waals surface area contributed by atoms with E-state index in [4.69, 9.17) is 4.74 Å². The summed E-state index contributed by atoms with van der Waals surface area (Å²) in [5.41, 5.74) is 9.31. The zero-order chi connectivity index (χ0) is 19.1. The van der Waals surface area contributed by atoms with E-state index in [-0.39, 0.29) is 12.5 Å². The Kier molecular flexibility index (Phi) is 6.74. The van der Waals surface area contributed by atoms with Crippen LogP contribution in [0.4, 0.5) is 11.4 Å². The number of esters is 1. The van der Waals surface area contributed by atoms with Gasteiger partial charge in [0.2, 0.25) is 5.91 Å². The molecule has 0 aromatic heterocycles. The van der Waals surface area contributed by atoms with Crippen molar-refractivity contribution in [1.29, 1.82) is 0 Å². The van der Waals surface area contributed by atoms with Crippen LogP contribution in [0.3, 0.4) is 0 Å². The lowest BCUT2D eigenvalue weighted by Crippen LogP contribution is -2.48. The van der Waals surface area contributed by atoms with Crippen LogP contribution in [-0.4, -0.2) is 31.6 Å². The summed E-state index contributed by atoms with van der Waals surface area (Å²) in [5, 5.41) is 0. The van der Waals surface area contributed by atoms with Gasteiger partial charge in [-0.3, -0.25) is 9.69 Å². The minimum absolute atomic E-state index is 0.0179. The molecule has 0 aliphatic carbocycles. The highest BCUT2D eigenvalue weighted by Gasteiger charge is 2.29. The fourth-order valence-corrected chi connectivity index (χ4v) is 2.82. The van der Waals surface area contributed by atoms with Crippen LogP contribution in [0.1, 0.15) is 18.1 Å². The number of anilines is 2. The Hall–Kier alpha value is -2.86. The van der Waals surface area contributed by atoms with Crippen LogP contribution in [0.5, 0.6) is 0 Å². The van der Waals surface area contributed by atoms with Crippen LogP contribution >= 0.6 is 0 Å². The molecule has 0 saturated carbocycles. The van der Waals surface area contributed by atoms with Crippen LogP contribution in [0.2, 0.25) is 0 Å². The Morgan fingerprint density at radius 2 is 1.65 bits per heavy atom. The quantitative estimate of drug-likeness (QED) is 0.590. The second-order valence-electron chi connectivity index (χ2n) is 6.05. The van der Waals surface area contributed by atoms with Crippen LogP contribution < -0.4 is 15.8 Å². The summed E-state index contributed by atoms with van der Waals surface area (Å²) >= 11 is 0. The van der Waals surface area contributed by atoms with E-state index in [1.165, 1.54) is 12.0 Å². The molecule has 2 aromatic carbocycles. The monoisotopic (exact) mass is 355 g/mol. The van der Waals surface area contributed by atoms with E-state index in [1.807, 2.05) is 62.4 Å². The molecule has 2 aromatic rings. The first kappa shape index (κ1) is 19.5. The van der Waals surface area contributed by atoms with Gasteiger partial charge in [0.25, 0.3) is 0 Å². The zero-order valence-electron chi connectivity index (χ0n) is 15.6. The zero-order valence-corrected chi connectivity index (χ0v) is 15.6. The highest BCUT2D eigenvalue weighted by molar-refractivity contribution is 6.01. The van der Waals surface area contributed by atoms with Crippen molar-refractivity contribution in [3.05, 3.63) is 59.7 Å². The van der Waals surface area contributed by atoms with Gasteiger partial charge in [-0.2, -0.15) is 0 Å². The Morgan fingerprint density at radius 1 is 1.04 bits per heavy atom. The summed E-state index contributed by atoms with van der Waals surface area (Å²) in [5.74, 6) is -0.694. The molecule has 6 nitrogen and oxygen atoms in total. The molecule has 0 aliphatic rings. The lowest BCUT2D eigenvalue weighted by atomic mass is 10.1. The van der Waals surface area contributed by atoms with Crippen molar-refractivity contribution in [2.24, 2.45) is 0 Å². The summed E-state index contributed by atoms with van der Waals surface area (Å²) < 4.78 is 4.85. The predicted octanol–water partition coefficient (Wildman–Crippen LogP) is 2.81. The molecule has 1 amide bonds. The summed E-state index contributed by atoms with van der Waals surface area (Å²) in [6.45, 7) is 5.52. The maximum Gasteiger partial charge on any atom is 0.328 e. The molecular weight excluding hydrogens is 330 g/mol. The molecule has 2 rings (SSSR count). The van der Waals surface area contributed by atoms with Crippen molar-refractivity contribution in [3.8, 4) is 0 Å². The van der Waals surface area contributed by atoms with Crippen molar-refractivity contribution >= 4 is 23.3 Å². The van der Waals surface area contributed by atoms with E-state index in [0.29, 0.717) is 0 Å². The first-order valence-electron chi connectivity index (χ1n) is 8.45. The number of nitrogens with zero attached hydrogens (tertiary/aromatic N) is 1. The van der Waals surface area contributed by atoms with Gasteiger partial charge in [0, 0.05) is 5.69 Å². The molecule has 0 heterocycles. The molecule has 138 valence electrons. The number of hydrogen-bond acceptors (Lipinski definition) is 5. The molecule has 1 unspecified atom stereocenters. The van der Waals surface area contributed by atoms with Crippen molar-refractivity contribution in [3.63, 3.8) is 0 Å². The van der Waals surface area contributed by atoms with E-state index < -0.39 is 12.0 Å². The SMILES string of the molecule is COC(=O)C(C)N(C(=O)CNNc1ccccc1)c1c(C)cccc1C. The highest BCUT2D eigenvalue weighted by atomic mass is 16.5. The van der Waals surface area contributed by atoms with E-state index in [1.54, 1.807) is 6.92 Å². The second kappa shape index (κ2) is 9.01. The molecule has 6 heteroatoms. The Balaban J connectivity index is 2.20. The van der Waals surface area contributed by atoms with Crippen LogP contribution in [-0.2, 0) is 14.3 Å². The van der Waals surface area contributed by atoms with Crippen molar-refractivity contribution < 1.29 is 14.3 Å². The molecule has 0 radical (unpaired) electrons. The maximum atomic E-state index is 12.9. The number of hydrazine groups is 1. The number of benzene rings is 2. The van der Waals surface area contributed by atoms with E-state index in [9.17, 15) is 9.59 Å². The standard InChI is InChI=1S/C20H25N3O3/c1-14-9-8-10-15(2)19(14)23(16(3)20(25)26-4)18(24)13-21-22-17-11-6-5-7-12-17/h5-12,16,21-22H,13H2,1-4H3. The number of methoxy groups -OCH3 is 1. The first-order valence-corrected chi connectivity index (χ1v) is 8.45. The summed E-state index contributed by atoms with van der Waals surface area (Å²) in [7, 11) is 1.32. The van der Waals surface area contributed by atoms with Crippen LogP contribution in [0, 0.1) is 13.8 Å². The molecule has 0 aliphatic heterocycles. The fourth-order valence-electron chi connectivity index (χ4n) is 2.82. The predicted molar refractivity (Wildman–Crippen MR) is 103 cm³/mol. The van der Waals surface area contributed by atoms with Crippen molar-refractivity contribution in [1.82, 2.24) is 5.43 Å². The molecule has 2 N–H and O–H groups in total. The largest absolute Gasteiger partial charge is 0.467 e. The number of ether oxygens (including phenoxy) is 1.